The van der Waals surface area contributed by atoms with Crippen LogP contribution in [0, 0.1) is 13.8 Å². The van der Waals surface area contributed by atoms with Crippen molar-refractivity contribution in [1.29, 1.82) is 0 Å². The summed E-state index contributed by atoms with van der Waals surface area (Å²) in [5.41, 5.74) is 4.80. The molecule has 3 heteroatoms. The average molecular weight is 310 g/mol. The molecule has 0 atom stereocenters. The molecule has 1 aliphatic carbocycles. The van der Waals surface area contributed by atoms with Crippen LogP contribution in [0.2, 0.25) is 0 Å². The zero-order chi connectivity index (χ0) is 16.2. The molecule has 2 aromatic rings. The van der Waals surface area contributed by atoms with E-state index in [2.05, 4.69) is 6.07 Å². The Balaban J connectivity index is 1.60. The Kier molecular flexibility index (Phi) is 4.65. The fraction of sp³-hybridized carbons (Fsp3) is 0.350. The lowest BCUT2D eigenvalue weighted by Crippen LogP contribution is -2.18. The predicted octanol–water partition coefficient (Wildman–Crippen LogP) is 4.17. The van der Waals surface area contributed by atoms with Crippen LogP contribution in [-0.2, 0) is 17.6 Å². The van der Waals surface area contributed by atoms with Gasteiger partial charge >= 0.3 is 5.97 Å². The average Bonchev–Trinajstić information content (AvgIpc) is 2.55. The summed E-state index contributed by atoms with van der Waals surface area (Å²) in [7, 11) is 0. The van der Waals surface area contributed by atoms with Crippen molar-refractivity contribution < 1.29 is 14.3 Å². The van der Waals surface area contributed by atoms with E-state index in [1.54, 1.807) is 0 Å². The molecule has 0 aromatic heterocycles. The lowest BCUT2D eigenvalue weighted by Gasteiger charge is -2.16. The smallest absolute Gasteiger partial charge is 0.349 e. The molecule has 0 spiro atoms. The van der Waals surface area contributed by atoms with Crippen LogP contribution in [0.1, 0.15) is 35.1 Å². The Morgan fingerprint density at radius 3 is 2.61 bits per heavy atom. The van der Waals surface area contributed by atoms with E-state index in [1.807, 2.05) is 44.2 Å². The van der Waals surface area contributed by atoms with Crippen LogP contribution in [0.3, 0.4) is 0 Å². The van der Waals surface area contributed by atoms with Crippen molar-refractivity contribution in [2.24, 2.45) is 0 Å². The third-order valence-electron chi connectivity index (χ3n) is 4.24. The van der Waals surface area contributed by atoms with E-state index in [0.29, 0.717) is 5.75 Å². The summed E-state index contributed by atoms with van der Waals surface area (Å²) in [6.45, 7) is 3.88. The van der Waals surface area contributed by atoms with Gasteiger partial charge in [-0.1, -0.05) is 18.2 Å². The van der Waals surface area contributed by atoms with E-state index in [-0.39, 0.29) is 12.6 Å². The minimum atomic E-state index is -0.373. The second-order valence-electron chi connectivity index (χ2n) is 6.17. The van der Waals surface area contributed by atoms with Gasteiger partial charge in [0.25, 0.3) is 0 Å². The first-order valence-electron chi connectivity index (χ1n) is 8.14. The minimum absolute atomic E-state index is 0.0820. The molecule has 0 heterocycles. The van der Waals surface area contributed by atoms with E-state index in [1.165, 1.54) is 24.0 Å². The number of fused-ring (bicyclic) bond motifs is 1. The van der Waals surface area contributed by atoms with Gasteiger partial charge < -0.3 is 9.47 Å². The van der Waals surface area contributed by atoms with Gasteiger partial charge in [0.05, 0.1) is 0 Å². The Hall–Kier alpha value is -2.29. The molecular weight excluding hydrogens is 288 g/mol. The van der Waals surface area contributed by atoms with Crippen molar-refractivity contribution in [2.75, 3.05) is 6.61 Å². The highest BCUT2D eigenvalue weighted by Gasteiger charge is 2.12. The van der Waals surface area contributed by atoms with Crippen LogP contribution in [0.25, 0.3) is 0 Å². The summed E-state index contributed by atoms with van der Waals surface area (Å²) in [5, 5.41) is 0. The number of hydrogen-bond acceptors (Lipinski definition) is 3. The summed E-state index contributed by atoms with van der Waals surface area (Å²) < 4.78 is 11.0. The number of esters is 1. The molecule has 0 unspecified atom stereocenters. The molecule has 3 rings (SSSR count). The molecule has 23 heavy (non-hydrogen) atoms. The molecule has 0 saturated carbocycles. The molecule has 3 nitrogen and oxygen atoms in total. The molecule has 0 amide bonds. The highest BCUT2D eigenvalue weighted by atomic mass is 16.6. The van der Waals surface area contributed by atoms with Crippen LogP contribution in [0.15, 0.2) is 36.4 Å². The van der Waals surface area contributed by atoms with Gasteiger partial charge in [-0.25, -0.2) is 4.79 Å². The highest BCUT2D eigenvalue weighted by molar-refractivity contribution is 5.74. The summed E-state index contributed by atoms with van der Waals surface area (Å²) in [6, 6.07) is 11.9. The number of aryl methyl sites for hydroxylation is 4. The maximum atomic E-state index is 12.0. The van der Waals surface area contributed by atoms with Gasteiger partial charge in [0.15, 0.2) is 6.61 Å². The van der Waals surface area contributed by atoms with Gasteiger partial charge in [0, 0.05) is 0 Å². The number of hydrogen-bond donors (Lipinski definition) is 0. The molecule has 1 aliphatic rings. The molecule has 2 aromatic carbocycles. The molecule has 0 N–H and O–H groups in total. The molecule has 120 valence electrons. The van der Waals surface area contributed by atoms with Crippen molar-refractivity contribution in [1.82, 2.24) is 0 Å². The van der Waals surface area contributed by atoms with Crippen molar-refractivity contribution in [3.8, 4) is 11.5 Å². The van der Waals surface area contributed by atoms with Gasteiger partial charge in [-0.2, -0.15) is 0 Å². The van der Waals surface area contributed by atoms with E-state index < -0.39 is 0 Å². The minimum Gasteiger partial charge on any atom is -0.482 e. The zero-order valence-corrected chi connectivity index (χ0v) is 13.7. The number of carbonyl (C=O) groups excluding carboxylic acids is 1. The van der Waals surface area contributed by atoms with Crippen LogP contribution < -0.4 is 9.47 Å². The van der Waals surface area contributed by atoms with Gasteiger partial charge in [-0.15, -0.1) is 0 Å². The van der Waals surface area contributed by atoms with E-state index in [4.69, 9.17) is 9.47 Å². The number of rotatable bonds is 4. The maximum absolute atomic E-state index is 12.0. The summed E-state index contributed by atoms with van der Waals surface area (Å²) in [6.07, 6.45) is 4.65. The normalized spacial score (nSPS) is 13.3. The van der Waals surface area contributed by atoms with E-state index in [9.17, 15) is 4.79 Å². The predicted molar refractivity (Wildman–Crippen MR) is 90.1 cm³/mol. The highest BCUT2D eigenvalue weighted by Crippen LogP contribution is 2.25. The van der Waals surface area contributed by atoms with E-state index >= 15 is 0 Å². The Morgan fingerprint density at radius 2 is 1.78 bits per heavy atom. The standard InChI is InChI=1S/C20H22O3/c1-14-7-8-15(2)19(11-14)22-13-20(21)23-18-10-9-16-5-3-4-6-17(16)12-18/h7-12H,3-6,13H2,1-2H3. The topological polar surface area (TPSA) is 35.5 Å². The van der Waals surface area contributed by atoms with Crippen LogP contribution >= 0.6 is 0 Å². The van der Waals surface area contributed by atoms with Gasteiger partial charge in [-0.05, 0) is 80.0 Å². The summed E-state index contributed by atoms with van der Waals surface area (Å²) in [4.78, 5) is 12.0. The Morgan fingerprint density at radius 1 is 1.00 bits per heavy atom. The van der Waals surface area contributed by atoms with Crippen molar-refractivity contribution >= 4 is 5.97 Å². The second kappa shape index (κ2) is 6.86. The van der Waals surface area contributed by atoms with Crippen LogP contribution in [0.5, 0.6) is 11.5 Å². The van der Waals surface area contributed by atoms with Crippen molar-refractivity contribution in [3.63, 3.8) is 0 Å². The van der Waals surface area contributed by atoms with Gasteiger partial charge in [0.1, 0.15) is 11.5 Å². The lowest BCUT2D eigenvalue weighted by molar-refractivity contribution is -0.136. The zero-order valence-electron chi connectivity index (χ0n) is 13.7. The number of ether oxygens (including phenoxy) is 2. The molecule has 0 aliphatic heterocycles. The van der Waals surface area contributed by atoms with Crippen LogP contribution in [0.4, 0.5) is 0 Å². The first kappa shape index (κ1) is 15.6. The van der Waals surface area contributed by atoms with Crippen molar-refractivity contribution in [2.45, 2.75) is 39.5 Å². The first-order valence-corrected chi connectivity index (χ1v) is 8.14. The van der Waals surface area contributed by atoms with E-state index in [0.717, 1.165) is 29.7 Å². The molecule has 0 bridgehead atoms. The van der Waals surface area contributed by atoms with Crippen LogP contribution in [-0.4, -0.2) is 12.6 Å². The molecule has 0 saturated heterocycles. The quantitative estimate of drug-likeness (QED) is 0.628. The Labute approximate surface area is 137 Å². The molecule has 0 fully saturated rings. The Bertz CT molecular complexity index is 719. The fourth-order valence-electron chi connectivity index (χ4n) is 2.93. The maximum Gasteiger partial charge on any atom is 0.349 e. The summed E-state index contributed by atoms with van der Waals surface area (Å²) >= 11 is 0. The van der Waals surface area contributed by atoms with Gasteiger partial charge in [-0.3, -0.25) is 0 Å². The SMILES string of the molecule is Cc1ccc(C)c(OCC(=O)Oc2ccc3c(c2)CCCC3)c1. The monoisotopic (exact) mass is 310 g/mol. The molecule has 0 radical (unpaired) electrons. The molecular formula is C20H22O3. The third-order valence-corrected chi connectivity index (χ3v) is 4.24. The lowest BCUT2D eigenvalue weighted by atomic mass is 9.92. The van der Waals surface area contributed by atoms with Gasteiger partial charge in [0.2, 0.25) is 0 Å². The fourth-order valence-corrected chi connectivity index (χ4v) is 2.93. The number of benzene rings is 2. The number of carbonyl (C=O) groups is 1. The largest absolute Gasteiger partial charge is 0.482 e. The first-order chi connectivity index (χ1) is 11.1. The third kappa shape index (κ3) is 3.92. The second-order valence-corrected chi connectivity index (χ2v) is 6.17. The van der Waals surface area contributed by atoms with Crippen molar-refractivity contribution in [3.05, 3.63) is 58.7 Å². The summed E-state index contributed by atoms with van der Waals surface area (Å²) in [5.74, 6) is 0.967.